The maximum absolute atomic E-state index is 13.8. The highest BCUT2D eigenvalue weighted by molar-refractivity contribution is 6.36. The molecule has 3 aromatic rings. The summed E-state index contributed by atoms with van der Waals surface area (Å²) < 4.78 is 0. The van der Waals surface area contributed by atoms with E-state index in [1.54, 1.807) is 35.5 Å². The van der Waals surface area contributed by atoms with Crippen molar-refractivity contribution in [3.8, 4) is 0 Å². The number of carbonyl (C=O) groups excluding carboxylic acids is 3. The number of halogens is 3. The number of anilines is 1. The summed E-state index contributed by atoms with van der Waals surface area (Å²) in [5.74, 6) is -2.93. The maximum Gasteiger partial charge on any atom is 0.240 e. The van der Waals surface area contributed by atoms with Gasteiger partial charge < -0.3 is 0 Å². The number of hydrazone groups is 1. The van der Waals surface area contributed by atoms with Crippen LogP contribution in [0.5, 0.6) is 0 Å². The van der Waals surface area contributed by atoms with E-state index in [4.69, 9.17) is 34.8 Å². The van der Waals surface area contributed by atoms with Crippen molar-refractivity contribution < 1.29 is 14.4 Å². The predicted molar refractivity (Wildman–Crippen MR) is 134 cm³/mol. The zero-order valence-electron chi connectivity index (χ0n) is 17.9. The predicted octanol–water partition coefficient (Wildman–Crippen LogP) is 5.41. The Bertz CT molecular complexity index is 1420. The quantitative estimate of drug-likeness (QED) is 0.339. The van der Waals surface area contributed by atoms with Crippen LogP contribution in [0.2, 0.25) is 15.1 Å². The Morgan fingerprint density at radius 3 is 2.17 bits per heavy atom. The lowest BCUT2D eigenvalue weighted by molar-refractivity contribution is -0.124. The van der Waals surface area contributed by atoms with Gasteiger partial charge in [0, 0.05) is 20.6 Å². The van der Waals surface area contributed by atoms with E-state index >= 15 is 0 Å². The van der Waals surface area contributed by atoms with E-state index in [0.717, 1.165) is 16.0 Å². The second-order valence-electron chi connectivity index (χ2n) is 8.71. The molecule has 174 valence electrons. The number of hydrogen-bond acceptors (Lipinski definition) is 5. The highest BCUT2D eigenvalue weighted by Crippen LogP contribution is 2.53. The summed E-state index contributed by atoms with van der Waals surface area (Å²) in [6, 6.07) is 17.1. The highest BCUT2D eigenvalue weighted by atomic mass is 35.5. The van der Waals surface area contributed by atoms with E-state index in [9.17, 15) is 14.4 Å². The van der Waals surface area contributed by atoms with Gasteiger partial charge in [-0.15, -0.1) is 0 Å². The number of carbonyl (C=O) groups is 3. The van der Waals surface area contributed by atoms with Gasteiger partial charge in [-0.3, -0.25) is 19.4 Å². The lowest BCUT2D eigenvalue weighted by atomic mass is 9.83. The van der Waals surface area contributed by atoms with Gasteiger partial charge in [0.15, 0.2) is 5.78 Å². The number of rotatable bonds is 3. The number of Topliss-reactive ketones (excluding diaryl/α,β-unsaturated/α-hetero) is 1. The number of fused-ring (bicyclic) bond motifs is 5. The first kappa shape index (κ1) is 22.3. The number of benzene rings is 3. The fourth-order valence-electron chi connectivity index (χ4n) is 5.38. The van der Waals surface area contributed by atoms with Gasteiger partial charge in [-0.05, 0) is 53.6 Å². The van der Waals surface area contributed by atoms with Crippen LogP contribution in [0.4, 0.5) is 5.69 Å². The minimum atomic E-state index is -0.966. The van der Waals surface area contributed by atoms with Crippen LogP contribution >= 0.6 is 34.8 Å². The van der Waals surface area contributed by atoms with Crippen molar-refractivity contribution in [2.75, 3.05) is 4.90 Å². The van der Waals surface area contributed by atoms with Gasteiger partial charge in [0.2, 0.25) is 11.8 Å². The summed E-state index contributed by atoms with van der Waals surface area (Å²) in [4.78, 5) is 42.6. The molecule has 2 saturated heterocycles. The van der Waals surface area contributed by atoms with Crippen LogP contribution in [0.25, 0.3) is 0 Å². The molecular formula is C26H16Cl3N3O3. The number of hydrogen-bond donors (Lipinski definition) is 0. The largest absolute Gasteiger partial charge is 0.292 e. The zero-order chi connectivity index (χ0) is 24.4. The molecule has 0 aliphatic carbocycles. The Morgan fingerprint density at radius 1 is 0.800 bits per heavy atom. The first-order chi connectivity index (χ1) is 16.8. The minimum Gasteiger partial charge on any atom is -0.292 e. The van der Waals surface area contributed by atoms with Crippen molar-refractivity contribution in [3.63, 3.8) is 0 Å². The van der Waals surface area contributed by atoms with Crippen LogP contribution in [-0.2, 0) is 9.59 Å². The van der Waals surface area contributed by atoms with Crippen LogP contribution in [0.1, 0.15) is 27.5 Å². The molecule has 0 bridgehead atoms. The van der Waals surface area contributed by atoms with Gasteiger partial charge in [-0.1, -0.05) is 59.1 Å². The Morgan fingerprint density at radius 2 is 1.46 bits per heavy atom. The van der Waals surface area contributed by atoms with Crippen molar-refractivity contribution in [2.45, 2.75) is 12.1 Å². The second-order valence-corrected chi connectivity index (χ2v) is 10.0. The number of nitrogens with zero attached hydrogens (tertiary/aromatic N) is 3. The third-order valence-corrected chi connectivity index (χ3v) is 7.48. The van der Waals surface area contributed by atoms with E-state index < -0.39 is 35.7 Å². The summed E-state index contributed by atoms with van der Waals surface area (Å²) in [7, 11) is 0. The lowest BCUT2D eigenvalue weighted by Crippen LogP contribution is -2.44. The molecule has 2 fully saturated rings. The van der Waals surface area contributed by atoms with Crippen LogP contribution in [0.3, 0.4) is 0 Å². The molecule has 4 atom stereocenters. The molecule has 4 unspecified atom stereocenters. The minimum absolute atomic E-state index is 0.281. The fourth-order valence-corrected chi connectivity index (χ4v) is 6.02. The van der Waals surface area contributed by atoms with E-state index in [1.165, 1.54) is 18.2 Å². The smallest absolute Gasteiger partial charge is 0.240 e. The monoisotopic (exact) mass is 523 g/mol. The Balaban J connectivity index is 1.50. The van der Waals surface area contributed by atoms with E-state index in [-0.39, 0.29) is 11.5 Å². The molecule has 2 amide bonds. The summed E-state index contributed by atoms with van der Waals surface area (Å²) in [5.41, 5.74) is 2.36. The number of amides is 2. The van der Waals surface area contributed by atoms with Crippen LogP contribution in [0, 0.1) is 11.8 Å². The molecule has 3 heterocycles. The molecule has 0 spiro atoms. The highest BCUT2D eigenvalue weighted by Gasteiger charge is 2.65. The van der Waals surface area contributed by atoms with E-state index in [2.05, 4.69) is 5.10 Å². The van der Waals surface area contributed by atoms with Gasteiger partial charge >= 0.3 is 0 Å². The van der Waals surface area contributed by atoms with Gasteiger partial charge in [0.05, 0.1) is 29.8 Å². The number of imide groups is 1. The summed E-state index contributed by atoms with van der Waals surface area (Å²) in [5, 5.41) is 7.26. The van der Waals surface area contributed by atoms with E-state index in [1.807, 2.05) is 24.3 Å². The van der Waals surface area contributed by atoms with Gasteiger partial charge in [-0.25, -0.2) is 4.90 Å². The molecule has 0 saturated carbocycles. The van der Waals surface area contributed by atoms with Crippen LogP contribution < -0.4 is 4.90 Å². The SMILES string of the molecule is O=C(c1ccc(Cl)cc1)C1C2C(=O)N(c3cc(Cl)cc(Cl)c3)C(=O)C2C2c3ccccc3C=NN12. The Kier molecular flexibility index (Phi) is 5.22. The Hall–Kier alpha value is -3.19. The van der Waals surface area contributed by atoms with Gasteiger partial charge in [-0.2, -0.15) is 5.10 Å². The molecule has 3 aliphatic rings. The second kappa shape index (κ2) is 8.19. The lowest BCUT2D eigenvalue weighted by Gasteiger charge is -2.33. The van der Waals surface area contributed by atoms with Crippen molar-refractivity contribution in [1.82, 2.24) is 5.01 Å². The first-order valence-corrected chi connectivity index (χ1v) is 12.0. The topological polar surface area (TPSA) is 70.0 Å². The van der Waals surface area contributed by atoms with Crippen LogP contribution in [0.15, 0.2) is 71.8 Å². The molecule has 3 aromatic carbocycles. The van der Waals surface area contributed by atoms with Crippen molar-refractivity contribution in [3.05, 3.63) is 98.5 Å². The van der Waals surface area contributed by atoms with Crippen molar-refractivity contribution >= 4 is 64.3 Å². The molecule has 6 rings (SSSR count). The summed E-state index contributed by atoms with van der Waals surface area (Å²) in [6.45, 7) is 0. The third kappa shape index (κ3) is 3.39. The molecule has 9 heteroatoms. The summed E-state index contributed by atoms with van der Waals surface area (Å²) >= 11 is 18.4. The third-order valence-electron chi connectivity index (χ3n) is 6.80. The van der Waals surface area contributed by atoms with Crippen LogP contribution in [-0.4, -0.2) is 34.9 Å². The molecule has 0 N–H and O–H groups in total. The zero-order valence-corrected chi connectivity index (χ0v) is 20.2. The maximum atomic E-state index is 13.8. The molecule has 3 aliphatic heterocycles. The normalized spacial score (nSPS) is 24.4. The van der Waals surface area contributed by atoms with Gasteiger partial charge in [0.1, 0.15) is 6.04 Å². The molecular weight excluding hydrogens is 509 g/mol. The van der Waals surface area contributed by atoms with Crippen molar-refractivity contribution in [2.24, 2.45) is 16.9 Å². The number of ketones is 1. The molecule has 6 nitrogen and oxygen atoms in total. The average Bonchev–Trinajstić information content (AvgIpc) is 3.31. The average molecular weight is 525 g/mol. The van der Waals surface area contributed by atoms with Crippen molar-refractivity contribution in [1.29, 1.82) is 0 Å². The first-order valence-electron chi connectivity index (χ1n) is 10.9. The summed E-state index contributed by atoms with van der Waals surface area (Å²) in [6.07, 6.45) is 1.67. The van der Waals surface area contributed by atoms with E-state index in [0.29, 0.717) is 20.6 Å². The van der Waals surface area contributed by atoms with Gasteiger partial charge in [0.25, 0.3) is 0 Å². The molecule has 0 radical (unpaired) electrons. The molecule has 35 heavy (non-hydrogen) atoms. The standard InChI is InChI=1S/C26H16Cl3N3O3/c27-15-7-5-13(6-8-15)24(33)23-21-20(22-19-4-2-1-3-14(19)12-30-32(22)23)25(34)31(26(21)35)18-10-16(28)9-17(29)11-18/h1-12,20-23H. The fraction of sp³-hybridized carbons (Fsp3) is 0.154. The Labute approximate surface area is 215 Å². The molecule has 0 aromatic heterocycles.